The fraction of sp³-hybridized carbons (Fsp3) is 0.200. The lowest BCUT2D eigenvalue weighted by molar-refractivity contribution is 0.0965. The molecule has 21 heavy (non-hydrogen) atoms. The Kier molecular flexibility index (Phi) is 4.27. The fourth-order valence-corrected chi connectivity index (χ4v) is 1.88. The highest BCUT2D eigenvalue weighted by Crippen LogP contribution is 2.18. The number of nitrogens with zero attached hydrogens (tertiary/aromatic N) is 2. The Morgan fingerprint density at radius 3 is 2.48 bits per heavy atom. The second kappa shape index (κ2) is 6.13. The van der Waals surface area contributed by atoms with E-state index < -0.39 is 0 Å². The zero-order valence-electron chi connectivity index (χ0n) is 11.9. The Bertz CT molecular complexity index is 659. The van der Waals surface area contributed by atoms with Gasteiger partial charge in [-0.1, -0.05) is 12.1 Å². The number of benzene rings is 1. The van der Waals surface area contributed by atoms with Gasteiger partial charge in [0.1, 0.15) is 5.76 Å². The predicted molar refractivity (Wildman–Crippen MR) is 79.8 cm³/mol. The van der Waals surface area contributed by atoms with E-state index in [0.29, 0.717) is 17.0 Å². The fourth-order valence-electron chi connectivity index (χ4n) is 1.88. The lowest BCUT2D eigenvalue weighted by Crippen LogP contribution is -2.25. The number of amidine groups is 1. The normalized spacial score (nSPS) is 11.4. The van der Waals surface area contributed by atoms with Crippen LogP contribution in [0.3, 0.4) is 0 Å². The van der Waals surface area contributed by atoms with Crippen LogP contribution in [0.15, 0.2) is 46.0 Å². The highest BCUT2D eigenvalue weighted by molar-refractivity contribution is 6.04. The van der Waals surface area contributed by atoms with Gasteiger partial charge >= 0.3 is 0 Å². The third kappa shape index (κ3) is 3.05. The molecule has 110 valence electrons. The largest absolute Gasteiger partial charge is 0.456 e. The van der Waals surface area contributed by atoms with Crippen molar-refractivity contribution >= 4 is 17.4 Å². The summed E-state index contributed by atoms with van der Waals surface area (Å²) in [5, 5.41) is 11.5. The first-order valence-electron chi connectivity index (χ1n) is 6.51. The topological polar surface area (TPSA) is 92.1 Å². The summed E-state index contributed by atoms with van der Waals surface area (Å²) in [6, 6.07) is 10.2. The van der Waals surface area contributed by atoms with E-state index in [1.54, 1.807) is 43.4 Å². The number of hydrogen-bond acceptors (Lipinski definition) is 4. The average Bonchev–Trinajstić information content (AvgIpc) is 3.02. The Labute approximate surface area is 122 Å². The molecule has 0 saturated carbocycles. The van der Waals surface area contributed by atoms with E-state index in [9.17, 15) is 4.79 Å². The number of rotatable bonds is 4. The Morgan fingerprint density at radius 1 is 1.29 bits per heavy atom. The molecule has 2 aromatic rings. The lowest BCUT2D eigenvalue weighted by atomic mass is 10.2. The maximum absolute atomic E-state index is 12.3. The molecule has 6 nitrogen and oxygen atoms in total. The number of nitrogens with two attached hydrogens (primary N) is 1. The summed E-state index contributed by atoms with van der Waals surface area (Å²) in [6.45, 7) is 1.96. The van der Waals surface area contributed by atoms with Crippen molar-refractivity contribution < 1.29 is 14.4 Å². The molecule has 2 rings (SSSR count). The molecule has 6 heteroatoms. The summed E-state index contributed by atoms with van der Waals surface area (Å²) < 4.78 is 5.45. The Balaban J connectivity index is 2.19. The van der Waals surface area contributed by atoms with Crippen LogP contribution in [-0.4, -0.2) is 24.0 Å². The molecule has 0 aliphatic heterocycles. The molecule has 0 aliphatic carbocycles. The van der Waals surface area contributed by atoms with Crippen LogP contribution in [0.1, 0.15) is 28.8 Å². The van der Waals surface area contributed by atoms with Gasteiger partial charge < -0.3 is 20.3 Å². The van der Waals surface area contributed by atoms with Gasteiger partial charge in [-0.05, 0) is 36.4 Å². The standard InChI is InChI=1S/C15H17N3O3/c1-3-12-8-9-13(21-12)15(19)18(2)11-6-4-10(5-7-11)14(16)17-20/h4-9,20H,3H2,1-2H3,(H2,16,17). The highest BCUT2D eigenvalue weighted by atomic mass is 16.4. The first kappa shape index (κ1) is 14.6. The van der Waals surface area contributed by atoms with Crippen LogP contribution in [-0.2, 0) is 6.42 Å². The van der Waals surface area contributed by atoms with Crippen molar-refractivity contribution in [2.75, 3.05) is 11.9 Å². The first-order chi connectivity index (χ1) is 10.1. The molecule has 0 atom stereocenters. The van der Waals surface area contributed by atoms with Crippen LogP contribution < -0.4 is 10.6 Å². The SMILES string of the molecule is CCc1ccc(C(=O)N(C)c2ccc(C(N)=NO)cc2)o1. The van der Waals surface area contributed by atoms with E-state index in [2.05, 4.69) is 5.16 Å². The molecule has 0 bridgehead atoms. The van der Waals surface area contributed by atoms with Crippen molar-refractivity contribution in [3.8, 4) is 0 Å². The monoisotopic (exact) mass is 287 g/mol. The molecule has 0 aliphatic rings. The van der Waals surface area contributed by atoms with Gasteiger partial charge in [-0.2, -0.15) is 0 Å². The first-order valence-corrected chi connectivity index (χ1v) is 6.51. The molecule has 1 amide bonds. The van der Waals surface area contributed by atoms with Crippen molar-refractivity contribution in [2.45, 2.75) is 13.3 Å². The molecule has 0 fully saturated rings. The van der Waals surface area contributed by atoms with Gasteiger partial charge in [0, 0.05) is 24.7 Å². The summed E-state index contributed by atoms with van der Waals surface area (Å²) in [4.78, 5) is 13.8. The zero-order valence-corrected chi connectivity index (χ0v) is 11.9. The third-order valence-corrected chi connectivity index (χ3v) is 3.18. The van der Waals surface area contributed by atoms with Crippen molar-refractivity contribution in [1.29, 1.82) is 0 Å². The van der Waals surface area contributed by atoms with Crippen molar-refractivity contribution in [2.24, 2.45) is 10.9 Å². The van der Waals surface area contributed by atoms with Crippen LogP contribution in [0.4, 0.5) is 5.69 Å². The van der Waals surface area contributed by atoms with Gasteiger partial charge in [0.25, 0.3) is 5.91 Å². The molecule has 1 aromatic heterocycles. The van der Waals surface area contributed by atoms with E-state index in [1.165, 1.54) is 4.90 Å². The van der Waals surface area contributed by atoms with E-state index in [1.807, 2.05) is 6.92 Å². The third-order valence-electron chi connectivity index (χ3n) is 3.18. The van der Waals surface area contributed by atoms with Crippen LogP contribution in [0, 0.1) is 0 Å². The summed E-state index contributed by atoms with van der Waals surface area (Å²) in [5.74, 6) is 0.865. The number of carbonyl (C=O) groups is 1. The molecule has 0 spiro atoms. The lowest BCUT2D eigenvalue weighted by Gasteiger charge is -2.16. The maximum Gasteiger partial charge on any atom is 0.293 e. The summed E-state index contributed by atoms with van der Waals surface area (Å²) in [6.07, 6.45) is 0.742. The molecule has 0 radical (unpaired) electrons. The minimum Gasteiger partial charge on any atom is -0.456 e. The number of aryl methyl sites for hydroxylation is 1. The van der Waals surface area contributed by atoms with Gasteiger partial charge in [-0.15, -0.1) is 0 Å². The van der Waals surface area contributed by atoms with E-state index >= 15 is 0 Å². The van der Waals surface area contributed by atoms with Gasteiger partial charge in [-0.25, -0.2) is 0 Å². The number of oxime groups is 1. The molecule has 1 aromatic carbocycles. The molecule has 0 unspecified atom stereocenters. The zero-order chi connectivity index (χ0) is 15.4. The van der Waals surface area contributed by atoms with Crippen molar-refractivity contribution in [3.05, 3.63) is 53.5 Å². The predicted octanol–water partition coefficient (Wildman–Crippen LogP) is 2.21. The maximum atomic E-state index is 12.3. The van der Waals surface area contributed by atoms with E-state index in [0.717, 1.165) is 12.2 Å². The van der Waals surface area contributed by atoms with Crippen LogP contribution in [0.5, 0.6) is 0 Å². The van der Waals surface area contributed by atoms with Crippen molar-refractivity contribution in [1.82, 2.24) is 0 Å². The Morgan fingerprint density at radius 2 is 1.95 bits per heavy atom. The van der Waals surface area contributed by atoms with Gasteiger partial charge in [0.05, 0.1) is 0 Å². The van der Waals surface area contributed by atoms with Gasteiger partial charge in [0.15, 0.2) is 11.6 Å². The number of furan rings is 1. The highest BCUT2D eigenvalue weighted by Gasteiger charge is 2.17. The number of carbonyl (C=O) groups excluding carboxylic acids is 1. The van der Waals surface area contributed by atoms with Gasteiger partial charge in [0.2, 0.25) is 0 Å². The second-order valence-electron chi connectivity index (χ2n) is 4.52. The molecule has 0 saturated heterocycles. The second-order valence-corrected chi connectivity index (χ2v) is 4.52. The molecule has 3 N–H and O–H groups in total. The average molecular weight is 287 g/mol. The number of hydrogen-bond donors (Lipinski definition) is 2. The quantitative estimate of drug-likeness (QED) is 0.390. The van der Waals surface area contributed by atoms with Gasteiger partial charge in [-0.3, -0.25) is 4.79 Å². The van der Waals surface area contributed by atoms with Crippen LogP contribution >= 0.6 is 0 Å². The summed E-state index contributed by atoms with van der Waals surface area (Å²) in [5.41, 5.74) is 6.76. The summed E-state index contributed by atoms with van der Waals surface area (Å²) >= 11 is 0. The minimum atomic E-state index is -0.230. The molecular weight excluding hydrogens is 270 g/mol. The minimum absolute atomic E-state index is 0.0224. The molecular formula is C15H17N3O3. The van der Waals surface area contributed by atoms with E-state index in [4.69, 9.17) is 15.4 Å². The van der Waals surface area contributed by atoms with E-state index in [-0.39, 0.29) is 11.7 Å². The smallest absolute Gasteiger partial charge is 0.293 e. The van der Waals surface area contributed by atoms with Crippen molar-refractivity contribution in [3.63, 3.8) is 0 Å². The Hall–Kier alpha value is -2.76. The van der Waals surface area contributed by atoms with Crippen LogP contribution in [0.25, 0.3) is 0 Å². The summed E-state index contributed by atoms with van der Waals surface area (Å²) in [7, 11) is 1.66. The molecule has 1 heterocycles. The number of amides is 1. The van der Waals surface area contributed by atoms with Crippen LogP contribution in [0.2, 0.25) is 0 Å². The number of anilines is 1.